The Morgan fingerprint density at radius 2 is 1.74 bits per heavy atom. The molecule has 12 nitrogen and oxygen atoms in total. The SMILES string of the molecule is COc1ccc(CCNc2ncnc(N3CCN(Cc4ccc5c(c4)OCO5)CC3)c2[N+](=O)[O-])cc1OC. The van der Waals surface area contributed by atoms with Crippen LogP contribution in [0.25, 0.3) is 0 Å². The molecule has 0 amide bonds. The zero-order chi connectivity index (χ0) is 26.5. The van der Waals surface area contributed by atoms with E-state index >= 15 is 0 Å². The van der Waals surface area contributed by atoms with Crippen LogP contribution in [0.15, 0.2) is 42.7 Å². The first-order valence-electron chi connectivity index (χ1n) is 12.4. The van der Waals surface area contributed by atoms with Crippen molar-refractivity contribution < 1.29 is 23.9 Å². The predicted octanol–water partition coefficient (Wildman–Crippen LogP) is 3.11. The third kappa shape index (κ3) is 5.49. The molecule has 0 aliphatic carbocycles. The van der Waals surface area contributed by atoms with Gasteiger partial charge in [0.05, 0.1) is 19.1 Å². The summed E-state index contributed by atoms with van der Waals surface area (Å²) < 4.78 is 21.5. The fraction of sp³-hybridized carbons (Fsp3) is 0.385. The quantitative estimate of drug-likeness (QED) is 0.312. The Kier molecular flexibility index (Phi) is 7.59. The summed E-state index contributed by atoms with van der Waals surface area (Å²) in [6.45, 7) is 4.20. The highest BCUT2D eigenvalue weighted by molar-refractivity contribution is 5.70. The zero-order valence-corrected chi connectivity index (χ0v) is 21.4. The number of nitrogens with zero attached hydrogens (tertiary/aromatic N) is 5. The minimum atomic E-state index is -0.410. The number of anilines is 2. The molecule has 0 radical (unpaired) electrons. The molecule has 0 atom stereocenters. The van der Waals surface area contributed by atoms with Crippen LogP contribution in [0.1, 0.15) is 11.1 Å². The van der Waals surface area contributed by atoms with E-state index in [1.807, 2.05) is 41.3 Å². The van der Waals surface area contributed by atoms with Gasteiger partial charge in [0.15, 0.2) is 23.0 Å². The summed E-state index contributed by atoms with van der Waals surface area (Å²) in [4.78, 5) is 24.4. The van der Waals surface area contributed by atoms with Crippen LogP contribution in [0.5, 0.6) is 23.0 Å². The van der Waals surface area contributed by atoms with Crippen LogP contribution in [0.3, 0.4) is 0 Å². The van der Waals surface area contributed by atoms with Crippen molar-refractivity contribution in [2.75, 3.05) is 64.0 Å². The van der Waals surface area contributed by atoms with Gasteiger partial charge in [-0.05, 0) is 41.8 Å². The standard InChI is InChI=1S/C26H30N6O6/c1-35-20-5-3-18(13-22(20)36-2)7-8-27-25-24(32(33)34)26(29-16-28-25)31-11-9-30(10-12-31)15-19-4-6-21-23(14-19)38-17-37-21/h3-6,13-14,16H,7-12,15,17H2,1-2H3,(H,27,28,29). The number of rotatable bonds is 10. The molecule has 38 heavy (non-hydrogen) atoms. The summed E-state index contributed by atoms with van der Waals surface area (Å²) in [7, 11) is 3.17. The van der Waals surface area contributed by atoms with E-state index in [2.05, 4.69) is 20.2 Å². The lowest BCUT2D eigenvalue weighted by Crippen LogP contribution is -2.46. The van der Waals surface area contributed by atoms with Gasteiger partial charge in [-0.25, -0.2) is 9.97 Å². The van der Waals surface area contributed by atoms with Crippen molar-refractivity contribution in [2.24, 2.45) is 0 Å². The molecule has 1 saturated heterocycles. The normalized spacial score (nSPS) is 14.8. The molecule has 1 N–H and O–H groups in total. The molecule has 5 rings (SSSR count). The number of aromatic nitrogens is 2. The fourth-order valence-corrected chi connectivity index (χ4v) is 4.68. The molecule has 1 aromatic heterocycles. The van der Waals surface area contributed by atoms with Gasteiger partial charge in [0, 0.05) is 39.3 Å². The minimum Gasteiger partial charge on any atom is -0.493 e. The molecule has 2 aliphatic rings. The van der Waals surface area contributed by atoms with Crippen molar-refractivity contribution in [3.8, 4) is 23.0 Å². The van der Waals surface area contributed by atoms with Crippen LogP contribution in [0, 0.1) is 10.1 Å². The molecule has 200 valence electrons. The van der Waals surface area contributed by atoms with Gasteiger partial charge in [0.25, 0.3) is 0 Å². The molecule has 1 fully saturated rings. The highest BCUT2D eigenvalue weighted by Gasteiger charge is 2.29. The van der Waals surface area contributed by atoms with Gasteiger partial charge in [0.1, 0.15) is 6.33 Å². The van der Waals surface area contributed by atoms with E-state index in [-0.39, 0.29) is 18.3 Å². The van der Waals surface area contributed by atoms with Crippen molar-refractivity contribution in [3.05, 3.63) is 64.0 Å². The van der Waals surface area contributed by atoms with Gasteiger partial charge in [-0.15, -0.1) is 0 Å². The van der Waals surface area contributed by atoms with Gasteiger partial charge in [-0.1, -0.05) is 12.1 Å². The van der Waals surface area contributed by atoms with E-state index < -0.39 is 4.92 Å². The fourth-order valence-electron chi connectivity index (χ4n) is 4.68. The Labute approximate surface area is 220 Å². The number of ether oxygens (including phenoxy) is 4. The molecule has 3 aromatic rings. The van der Waals surface area contributed by atoms with Crippen molar-refractivity contribution in [3.63, 3.8) is 0 Å². The minimum absolute atomic E-state index is 0.107. The van der Waals surface area contributed by atoms with Crippen molar-refractivity contribution in [1.82, 2.24) is 14.9 Å². The molecule has 0 unspecified atom stereocenters. The maximum Gasteiger partial charge on any atom is 0.353 e. The van der Waals surface area contributed by atoms with E-state index in [1.54, 1.807) is 14.2 Å². The Hall–Kier alpha value is -4.32. The van der Waals surface area contributed by atoms with E-state index in [9.17, 15) is 10.1 Å². The van der Waals surface area contributed by atoms with Gasteiger partial charge in [-0.2, -0.15) is 0 Å². The summed E-state index contributed by atoms with van der Waals surface area (Å²) >= 11 is 0. The molecule has 0 spiro atoms. The first-order valence-corrected chi connectivity index (χ1v) is 12.4. The number of fused-ring (bicyclic) bond motifs is 1. The summed E-state index contributed by atoms with van der Waals surface area (Å²) in [5.41, 5.74) is 2.03. The Morgan fingerprint density at radius 1 is 0.974 bits per heavy atom. The lowest BCUT2D eigenvalue weighted by Gasteiger charge is -2.35. The molecular formula is C26H30N6O6. The van der Waals surface area contributed by atoms with Crippen LogP contribution in [0.4, 0.5) is 17.3 Å². The highest BCUT2D eigenvalue weighted by Crippen LogP contribution is 2.34. The van der Waals surface area contributed by atoms with E-state index in [1.165, 1.54) is 6.33 Å². The maximum atomic E-state index is 12.1. The monoisotopic (exact) mass is 522 g/mol. The second-order valence-corrected chi connectivity index (χ2v) is 8.97. The average Bonchev–Trinajstić information content (AvgIpc) is 3.41. The molecule has 0 bridgehead atoms. The summed E-state index contributed by atoms with van der Waals surface area (Å²) in [6, 6.07) is 11.6. The average molecular weight is 523 g/mol. The van der Waals surface area contributed by atoms with Gasteiger partial charge in [0.2, 0.25) is 18.4 Å². The first-order chi connectivity index (χ1) is 18.6. The van der Waals surface area contributed by atoms with E-state index in [0.717, 1.165) is 42.3 Å². The third-order valence-electron chi connectivity index (χ3n) is 6.65. The van der Waals surface area contributed by atoms with Gasteiger partial charge >= 0.3 is 5.69 Å². The zero-order valence-electron chi connectivity index (χ0n) is 21.4. The number of hydrogen-bond acceptors (Lipinski definition) is 11. The van der Waals surface area contributed by atoms with Gasteiger partial charge < -0.3 is 29.2 Å². The lowest BCUT2D eigenvalue weighted by molar-refractivity contribution is -0.383. The van der Waals surface area contributed by atoms with Crippen LogP contribution in [0.2, 0.25) is 0 Å². The van der Waals surface area contributed by atoms with Crippen molar-refractivity contribution in [1.29, 1.82) is 0 Å². The van der Waals surface area contributed by atoms with Gasteiger partial charge in [-0.3, -0.25) is 15.0 Å². The Morgan fingerprint density at radius 3 is 2.50 bits per heavy atom. The topological polar surface area (TPSA) is 124 Å². The molecule has 3 heterocycles. The Balaban J connectivity index is 1.21. The molecule has 0 saturated carbocycles. The number of nitrogens with one attached hydrogen (secondary N) is 1. The highest BCUT2D eigenvalue weighted by atomic mass is 16.7. The van der Waals surface area contributed by atoms with E-state index in [0.29, 0.717) is 43.4 Å². The number of piperazine rings is 1. The lowest BCUT2D eigenvalue weighted by atomic mass is 10.1. The van der Waals surface area contributed by atoms with Crippen molar-refractivity contribution >= 4 is 17.3 Å². The number of benzene rings is 2. The molecule has 12 heteroatoms. The molecule has 2 aromatic carbocycles. The predicted molar refractivity (Wildman–Crippen MR) is 140 cm³/mol. The van der Waals surface area contributed by atoms with Crippen LogP contribution < -0.4 is 29.2 Å². The second-order valence-electron chi connectivity index (χ2n) is 8.97. The number of hydrogen-bond donors (Lipinski definition) is 1. The molecular weight excluding hydrogens is 492 g/mol. The largest absolute Gasteiger partial charge is 0.493 e. The molecule has 2 aliphatic heterocycles. The smallest absolute Gasteiger partial charge is 0.353 e. The van der Waals surface area contributed by atoms with Crippen LogP contribution >= 0.6 is 0 Å². The van der Waals surface area contributed by atoms with Crippen LogP contribution in [-0.4, -0.2) is 73.5 Å². The summed E-state index contributed by atoms with van der Waals surface area (Å²) in [5.74, 6) is 3.37. The first kappa shape index (κ1) is 25.3. The summed E-state index contributed by atoms with van der Waals surface area (Å²) in [5, 5.41) is 15.2. The third-order valence-corrected chi connectivity index (χ3v) is 6.65. The summed E-state index contributed by atoms with van der Waals surface area (Å²) in [6.07, 6.45) is 2.00. The Bertz CT molecular complexity index is 1300. The second kappa shape index (κ2) is 11.4. The maximum absolute atomic E-state index is 12.1. The number of methoxy groups -OCH3 is 2. The van der Waals surface area contributed by atoms with Crippen LogP contribution in [-0.2, 0) is 13.0 Å². The van der Waals surface area contributed by atoms with Crippen molar-refractivity contribution in [2.45, 2.75) is 13.0 Å². The van der Waals surface area contributed by atoms with E-state index in [4.69, 9.17) is 18.9 Å². The number of nitro groups is 1.